The number of esters is 1. The predicted octanol–water partition coefficient (Wildman–Crippen LogP) is 4.19. The molecule has 0 aromatic rings. The fourth-order valence-corrected chi connectivity index (χ4v) is 8.18. The van der Waals surface area contributed by atoms with Crippen molar-refractivity contribution in [1.29, 1.82) is 0 Å². The van der Waals surface area contributed by atoms with E-state index in [1.54, 1.807) is 0 Å². The highest BCUT2D eigenvalue weighted by Gasteiger charge is 2.62. The number of allylic oxidation sites excluding steroid dienone is 1. The molecule has 1 saturated heterocycles. The molecule has 4 aliphatic rings. The molecule has 3 aliphatic carbocycles. The van der Waals surface area contributed by atoms with Gasteiger partial charge in [0.15, 0.2) is 0 Å². The molecule has 1 aliphatic heterocycles. The molecule has 1 N–H and O–H groups in total. The van der Waals surface area contributed by atoms with E-state index >= 15 is 0 Å². The second kappa shape index (κ2) is 7.08. The van der Waals surface area contributed by atoms with E-state index in [1.165, 1.54) is 44.9 Å². The first-order valence-electron chi connectivity index (χ1n) is 11.3. The summed E-state index contributed by atoms with van der Waals surface area (Å²) in [6, 6.07) is -0.546. The van der Waals surface area contributed by atoms with Crippen LogP contribution in [0.15, 0.2) is 11.6 Å². The molecule has 0 bridgehead atoms. The highest BCUT2D eigenvalue weighted by molar-refractivity contribution is 7.88. The van der Waals surface area contributed by atoms with Crippen molar-refractivity contribution >= 4 is 16.0 Å². The standard InChI is InChI=1S/C23H37NO4S/c1-21(2)10-6-11-22(3)18(21)9-12-23(13-14-23)19(22)8-5-7-16-17(15-28-20(16)25)24-29(4,26)27/h7,17-19,24H,5-6,8-15H2,1-4H3/b16-7+/t17-,18+,19-,22+/m1/s1. The molecule has 29 heavy (non-hydrogen) atoms. The molecule has 0 aromatic heterocycles. The predicted molar refractivity (Wildman–Crippen MR) is 114 cm³/mol. The van der Waals surface area contributed by atoms with Crippen LogP contribution in [0.25, 0.3) is 0 Å². The van der Waals surface area contributed by atoms with Crippen LogP contribution in [-0.4, -0.2) is 33.3 Å². The maximum Gasteiger partial charge on any atom is 0.335 e. The van der Waals surface area contributed by atoms with Crippen molar-refractivity contribution in [2.24, 2.45) is 28.1 Å². The van der Waals surface area contributed by atoms with E-state index in [2.05, 4.69) is 25.5 Å². The molecule has 1 heterocycles. The minimum Gasteiger partial charge on any atom is -0.460 e. The van der Waals surface area contributed by atoms with Gasteiger partial charge in [-0.15, -0.1) is 0 Å². The molecule has 0 radical (unpaired) electrons. The number of fused-ring (bicyclic) bond motifs is 1. The second-order valence-corrected chi connectivity index (χ2v) is 12.9. The quantitative estimate of drug-likeness (QED) is 0.532. The zero-order valence-corrected chi connectivity index (χ0v) is 19.2. The topological polar surface area (TPSA) is 72.5 Å². The van der Waals surface area contributed by atoms with E-state index in [0.717, 1.165) is 25.0 Å². The molecule has 4 atom stereocenters. The summed E-state index contributed by atoms with van der Waals surface area (Å²) in [6.45, 7) is 7.58. The van der Waals surface area contributed by atoms with E-state index in [1.807, 2.05) is 6.08 Å². The van der Waals surface area contributed by atoms with Crippen LogP contribution in [0, 0.1) is 28.1 Å². The Morgan fingerprint density at radius 2 is 1.86 bits per heavy atom. The van der Waals surface area contributed by atoms with Gasteiger partial charge in [0.2, 0.25) is 10.0 Å². The summed E-state index contributed by atoms with van der Waals surface area (Å²) in [5.41, 5.74) is 1.81. The third-order valence-corrected chi connectivity index (χ3v) is 9.52. The minimum atomic E-state index is -3.38. The first-order chi connectivity index (χ1) is 13.5. The largest absolute Gasteiger partial charge is 0.460 e. The van der Waals surface area contributed by atoms with Gasteiger partial charge in [-0.3, -0.25) is 0 Å². The van der Waals surface area contributed by atoms with Gasteiger partial charge in [0.1, 0.15) is 6.61 Å². The first-order valence-corrected chi connectivity index (χ1v) is 13.2. The molecule has 6 heteroatoms. The summed E-state index contributed by atoms with van der Waals surface area (Å²) >= 11 is 0. The SMILES string of the molecule is CC1(C)CCC[C@@]2(C)[C@H]1CCC1(CC1)[C@@H]2CC/C=C1/C(=O)OC[C@H]1NS(C)(=O)=O. The van der Waals surface area contributed by atoms with E-state index in [-0.39, 0.29) is 12.6 Å². The summed E-state index contributed by atoms with van der Waals surface area (Å²) < 4.78 is 30.9. The number of nitrogens with one attached hydrogen (secondary N) is 1. The molecule has 5 nitrogen and oxygen atoms in total. The lowest BCUT2D eigenvalue weighted by Crippen LogP contribution is -2.52. The van der Waals surface area contributed by atoms with Crippen LogP contribution in [0.2, 0.25) is 0 Å². The van der Waals surface area contributed by atoms with E-state index < -0.39 is 16.1 Å². The minimum absolute atomic E-state index is 0.0963. The van der Waals surface area contributed by atoms with Crippen LogP contribution in [0.3, 0.4) is 0 Å². The maximum atomic E-state index is 12.1. The van der Waals surface area contributed by atoms with Crippen molar-refractivity contribution in [2.45, 2.75) is 84.6 Å². The Balaban J connectivity index is 1.52. The monoisotopic (exact) mass is 423 g/mol. The molecular formula is C23H37NO4S. The van der Waals surface area contributed by atoms with Gasteiger partial charge in [0, 0.05) is 0 Å². The maximum absolute atomic E-state index is 12.1. The van der Waals surface area contributed by atoms with Crippen LogP contribution >= 0.6 is 0 Å². The van der Waals surface area contributed by atoms with Crippen molar-refractivity contribution in [3.8, 4) is 0 Å². The van der Waals surface area contributed by atoms with Gasteiger partial charge in [-0.25, -0.2) is 17.9 Å². The number of rotatable bonds is 5. The number of ether oxygens (including phenoxy) is 1. The molecular weight excluding hydrogens is 386 g/mol. The van der Waals surface area contributed by atoms with Crippen LogP contribution < -0.4 is 4.72 Å². The van der Waals surface area contributed by atoms with Gasteiger partial charge >= 0.3 is 5.97 Å². The molecule has 3 saturated carbocycles. The molecule has 0 amide bonds. The highest BCUT2D eigenvalue weighted by Crippen LogP contribution is 2.72. The van der Waals surface area contributed by atoms with Gasteiger partial charge in [-0.05, 0) is 79.4 Å². The molecule has 4 fully saturated rings. The van der Waals surface area contributed by atoms with Crippen molar-refractivity contribution in [2.75, 3.05) is 12.9 Å². The number of carbonyl (C=O) groups excluding carboxylic acids is 1. The lowest BCUT2D eigenvalue weighted by Gasteiger charge is -2.60. The number of hydrogen-bond acceptors (Lipinski definition) is 4. The van der Waals surface area contributed by atoms with Gasteiger partial charge in [-0.1, -0.05) is 33.3 Å². The van der Waals surface area contributed by atoms with Gasteiger partial charge in [-0.2, -0.15) is 0 Å². The fourth-order valence-electron chi connectivity index (χ4n) is 7.47. The van der Waals surface area contributed by atoms with Crippen molar-refractivity contribution in [3.63, 3.8) is 0 Å². The number of cyclic esters (lactones) is 1. The second-order valence-electron chi connectivity index (χ2n) is 11.1. The van der Waals surface area contributed by atoms with Crippen molar-refractivity contribution in [1.82, 2.24) is 4.72 Å². The van der Waals surface area contributed by atoms with E-state index in [9.17, 15) is 13.2 Å². The zero-order chi connectivity index (χ0) is 21.1. The number of hydrogen-bond donors (Lipinski definition) is 1. The Labute approximate surface area is 176 Å². The lowest BCUT2D eigenvalue weighted by atomic mass is 9.45. The van der Waals surface area contributed by atoms with Crippen LogP contribution in [-0.2, 0) is 19.6 Å². The molecule has 0 unspecified atom stereocenters. The molecule has 4 rings (SSSR count). The Morgan fingerprint density at radius 1 is 1.14 bits per heavy atom. The molecule has 164 valence electrons. The van der Waals surface area contributed by atoms with E-state index in [4.69, 9.17) is 4.74 Å². The summed E-state index contributed by atoms with van der Waals surface area (Å²) in [6.07, 6.45) is 14.4. The molecule has 0 aromatic carbocycles. The summed E-state index contributed by atoms with van der Waals surface area (Å²) in [5.74, 6) is 1.10. The zero-order valence-electron chi connectivity index (χ0n) is 18.4. The van der Waals surface area contributed by atoms with Crippen molar-refractivity contribution in [3.05, 3.63) is 11.6 Å². The Bertz CT molecular complexity index is 811. The van der Waals surface area contributed by atoms with Crippen molar-refractivity contribution < 1.29 is 17.9 Å². The smallest absolute Gasteiger partial charge is 0.335 e. The summed E-state index contributed by atoms with van der Waals surface area (Å²) in [4.78, 5) is 12.1. The van der Waals surface area contributed by atoms with E-state index in [0.29, 0.717) is 27.7 Å². The van der Waals surface area contributed by atoms with Gasteiger partial charge < -0.3 is 4.74 Å². The van der Waals surface area contributed by atoms with Crippen LogP contribution in [0.5, 0.6) is 0 Å². The van der Waals surface area contributed by atoms with Crippen LogP contribution in [0.1, 0.15) is 78.6 Å². The Hall–Kier alpha value is -0.880. The van der Waals surface area contributed by atoms with Gasteiger partial charge in [0.05, 0.1) is 17.9 Å². The first kappa shape index (κ1) is 21.4. The van der Waals surface area contributed by atoms with Gasteiger partial charge in [0.25, 0.3) is 0 Å². The average molecular weight is 424 g/mol. The normalized spacial score (nSPS) is 39.4. The summed E-state index contributed by atoms with van der Waals surface area (Å²) in [5, 5.41) is 0. The Kier molecular flexibility index (Phi) is 5.21. The summed E-state index contributed by atoms with van der Waals surface area (Å²) in [7, 11) is -3.38. The molecule has 1 spiro atoms. The third-order valence-electron chi connectivity index (χ3n) is 8.80. The average Bonchev–Trinajstić information content (AvgIpc) is 3.28. The fraction of sp³-hybridized carbons (Fsp3) is 0.870. The van der Waals surface area contributed by atoms with Crippen LogP contribution in [0.4, 0.5) is 0 Å². The number of carbonyl (C=O) groups is 1. The third kappa shape index (κ3) is 3.91. The number of sulfonamides is 1. The lowest BCUT2D eigenvalue weighted by molar-refractivity contribution is -0.135. The highest BCUT2D eigenvalue weighted by atomic mass is 32.2. The Morgan fingerprint density at radius 3 is 2.52 bits per heavy atom.